The molecule has 0 fully saturated rings. The average molecular weight is 228 g/mol. The molecule has 0 unspecified atom stereocenters. The Morgan fingerprint density at radius 1 is 1.50 bits per heavy atom. The molecule has 0 aliphatic rings. The largest absolute Gasteiger partial charge is 2.00 e. The summed E-state index contributed by atoms with van der Waals surface area (Å²) in [5.74, 6) is 0. The molecule has 0 aliphatic carbocycles. The summed E-state index contributed by atoms with van der Waals surface area (Å²) in [6, 6.07) is 0. The Bertz CT molecular complexity index is 16.0. The molecule has 0 aromatic carbocycles. The first kappa shape index (κ1) is 15.9. The molecule has 0 spiro atoms. The van der Waals surface area contributed by atoms with E-state index in [4.69, 9.17) is 3.40 Å². The van der Waals surface area contributed by atoms with Crippen molar-refractivity contribution < 1.29 is 28.9 Å². The van der Waals surface area contributed by atoms with Gasteiger partial charge in [0.1, 0.15) is 0 Å². The van der Waals surface area contributed by atoms with Gasteiger partial charge in [-0.05, 0) is 0 Å². The van der Waals surface area contributed by atoms with Gasteiger partial charge < -0.3 is 5.71 Å². The van der Waals surface area contributed by atoms with Crippen LogP contribution in [0.3, 0.4) is 0 Å². The van der Waals surface area contributed by atoms with E-state index < -0.39 is 0 Å². The van der Waals surface area contributed by atoms with E-state index in [9.17, 15) is 0 Å². The standard InChI is InChI=1S/Mg.Mo.O.Sr.4H/q+2;;;+2;4*-1. The van der Waals surface area contributed by atoms with Crippen LogP contribution in [0.15, 0.2) is 0 Å². The first-order valence-electron chi connectivity index (χ1n) is 0.167. The third-order valence-electron chi connectivity index (χ3n) is 0. The first-order valence-corrected chi connectivity index (χ1v) is 0.986. The maximum absolute atomic E-state index is 8.26. The van der Waals surface area contributed by atoms with E-state index in [0.29, 0.717) is 19.8 Å². The quantitative estimate of drug-likeness (QED) is 0.514. The van der Waals surface area contributed by atoms with Gasteiger partial charge in [0.05, 0.1) is 0 Å². The predicted octanol–water partition coefficient (Wildman–Crippen LogP) is -0.433. The monoisotopic (exact) mass is 230 g/mol. The van der Waals surface area contributed by atoms with Crippen LogP contribution in [-0.4, -0.2) is 68.5 Å². The number of rotatable bonds is 0. The molecule has 0 radical (unpaired) electrons. The molecule has 0 saturated carbocycles. The van der Waals surface area contributed by atoms with Crippen molar-refractivity contribution in [3.8, 4) is 0 Å². The maximum Gasteiger partial charge on any atom is 2.00 e. The molecule has 0 aromatic heterocycles. The zero-order chi connectivity index (χ0) is 2.00. The molecule has 4 heavy (non-hydrogen) atoms. The predicted molar refractivity (Wildman–Crippen MR) is 16.6 cm³/mol. The molecule has 0 aliphatic heterocycles. The molecular weight excluding hydrogens is 224 g/mol. The smallest absolute Gasteiger partial charge is 2.00 e. The number of hydrogen-bond donors (Lipinski definition) is 0. The van der Waals surface area contributed by atoms with Crippen molar-refractivity contribution in [1.29, 1.82) is 0 Å². The van der Waals surface area contributed by atoms with Gasteiger partial charge in [0.25, 0.3) is 0 Å². The summed E-state index contributed by atoms with van der Waals surface area (Å²) in [6.45, 7) is 0. The van der Waals surface area contributed by atoms with Gasteiger partial charge in [-0.15, -0.1) is 0 Å². The fourth-order valence-corrected chi connectivity index (χ4v) is 0. The Morgan fingerprint density at radius 3 is 1.50 bits per heavy atom. The maximum atomic E-state index is 8.26. The number of hydrogen-bond acceptors (Lipinski definition) is 1. The Morgan fingerprint density at radius 2 is 1.50 bits per heavy atom. The van der Waals surface area contributed by atoms with Crippen LogP contribution >= 0.6 is 0 Å². The van der Waals surface area contributed by atoms with Crippen LogP contribution in [-0.2, 0) is 23.2 Å². The zero-order valence-corrected chi connectivity index (χ0v) is 9.13. The van der Waals surface area contributed by atoms with E-state index in [2.05, 4.69) is 0 Å². The minimum atomic E-state index is 0. The van der Waals surface area contributed by atoms with Crippen molar-refractivity contribution in [2.24, 2.45) is 0 Å². The second-order valence-corrected chi connectivity index (χ2v) is 0. The average Bonchev–Trinajstić information content (AvgIpc) is 1.00. The first-order chi connectivity index (χ1) is 1.00. The fraction of sp³-hybridized carbons (Fsp3) is 0. The third kappa shape index (κ3) is 8.83. The topological polar surface area (TPSA) is 17.1 Å². The van der Waals surface area contributed by atoms with Crippen LogP contribution in [0.2, 0.25) is 0 Å². The van der Waals surface area contributed by atoms with Gasteiger partial charge in [0, 0.05) is 0 Å². The normalized spacial score (nSPS) is 1.00. The van der Waals surface area contributed by atoms with Gasteiger partial charge in [-0.2, -0.15) is 0 Å². The van der Waals surface area contributed by atoms with E-state index >= 15 is 0 Å². The van der Waals surface area contributed by atoms with Crippen LogP contribution in [0.5, 0.6) is 0 Å². The van der Waals surface area contributed by atoms with Crippen molar-refractivity contribution in [2.75, 3.05) is 0 Å². The summed E-state index contributed by atoms with van der Waals surface area (Å²) in [7, 11) is 0. The van der Waals surface area contributed by atoms with Gasteiger partial charge in [0.15, 0.2) is 0 Å². The SMILES string of the molecule is [H-].[H-].[H-].[H-].[Mg+2].[O]=[Mo].[Sr+2]. The molecule has 0 aromatic rings. The van der Waals surface area contributed by atoms with Crippen LogP contribution in [0.1, 0.15) is 5.71 Å². The second kappa shape index (κ2) is 17.2. The van der Waals surface area contributed by atoms with Gasteiger partial charge >= 0.3 is 91.7 Å². The molecule has 0 amide bonds. The summed E-state index contributed by atoms with van der Waals surface area (Å²) >= 11 is 0.700. The minimum Gasteiger partial charge on any atom is 2.00 e. The third-order valence-corrected chi connectivity index (χ3v) is 0. The molecule has 0 saturated heterocycles. The molecular formula is H4MgMoOSr. The van der Waals surface area contributed by atoms with Gasteiger partial charge in [-0.3, -0.25) is 0 Å². The molecule has 0 atom stereocenters. The van der Waals surface area contributed by atoms with Gasteiger partial charge in [-0.25, -0.2) is 0 Å². The Labute approximate surface area is 95.5 Å². The molecule has 20 valence electrons. The van der Waals surface area contributed by atoms with Crippen molar-refractivity contribution in [2.45, 2.75) is 0 Å². The molecule has 0 heterocycles. The molecule has 0 N–H and O–H groups in total. The Hall–Kier alpha value is 2.74. The molecule has 4 heteroatoms. The van der Waals surface area contributed by atoms with Gasteiger partial charge in [0.2, 0.25) is 0 Å². The van der Waals surface area contributed by atoms with Gasteiger partial charge in [-0.1, -0.05) is 0 Å². The second-order valence-electron chi connectivity index (χ2n) is 0. The van der Waals surface area contributed by atoms with Crippen LogP contribution in [0.25, 0.3) is 0 Å². The summed E-state index contributed by atoms with van der Waals surface area (Å²) < 4.78 is 8.26. The Balaban J connectivity index is -0.000000000333. The Kier molecular flexibility index (Phi) is 68.2. The van der Waals surface area contributed by atoms with Crippen LogP contribution in [0.4, 0.5) is 0 Å². The summed E-state index contributed by atoms with van der Waals surface area (Å²) in [5.41, 5.74) is 0. The summed E-state index contributed by atoms with van der Waals surface area (Å²) in [4.78, 5) is 0. The van der Waals surface area contributed by atoms with E-state index in [1.807, 2.05) is 0 Å². The van der Waals surface area contributed by atoms with Crippen LogP contribution in [0, 0.1) is 0 Å². The fourth-order valence-electron chi connectivity index (χ4n) is 0. The van der Waals surface area contributed by atoms with Crippen molar-refractivity contribution in [3.63, 3.8) is 0 Å². The molecule has 1 nitrogen and oxygen atoms in total. The van der Waals surface area contributed by atoms with E-state index in [1.165, 1.54) is 0 Å². The molecule has 0 rings (SSSR count). The van der Waals surface area contributed by atoms with E-state index in [1.54, 1.807) is 0 Å². The van der Waals surface area contributed by atoms with Crippen LogP contribution < -0.4 is 0 Å². The van der Waals surface area contributed by atoms with Crippen molar-refractivity contribution in [3.05, 3.63) is 0 Å². The zero-order valence-electron chi connectivity index (χ0n) is 6.23. The molecule has 0 bridgehead atoms. The van der Waals surface area contributed by atoms with E-state index in [-0.39, 0.29) is 74.2 Å². The summed E-state index contributed by atoms with van der Waals surface area (Å²) in [5, 5.41) is 0. The van der Waals surface area contributed by atoms with Crippen molar-refractivity contribution >= 4 is 68.5 Å². The van der Waals surface area contributed by atoms with Crippen molar-refractivity contribution in [1.82, 2.24) is 0 Å². The minimum absolute atomic E-state index is 0. The van der Waals surface area contributed by atoms with E-state index in [0.717, 1.165) is 0 Å². The summed E-state index contributed by atoms with van der Waals surface area (Å²) in [6.07, 6.45) is 0.